The highest BCUT2D eigenvalue weighted by atomic mass is 19.1. The average molecular weight is 502 g/mol. The van der Waals surface area contributed by atoms with Crippen LogP contribution in [0.3, 0.4) is 0 Å². The molecule has 3 aromatic heterocycles. The van der Waals surface area contributed by atoms with E-state index in [9.17, 15) is 9.18 Å². The van der Waals surface area contributed by atoms with Crippen LogP contribution in [-0.2, 0) is 0 Å². The summed E-state index contributed by atoms with van der Waals surface area (Å²) in [6, 6.07) is 26.8. The maximum atomic E-state index is 14.1. The Bertz CT molecular complexity index is 1750. The fourth-order valence-electron chi connectivity index (χ4n) is 4.11. The molecule has 2 N–H and O–H groups in total. The molecular weight excluding hydrogens is 481 g/mol. The van der Waals surface area contributed by atoms with Crippen LogP contribution in [0.4, 0.5) is 10.1 Å². The molecule has 7 nitrogen and oxygen atoms in total. The van der Waals surface area contributed by atoms with Crippen molar-refractivity contribution < 1.29 is 13.9 Å². The lowest BCUT2D eigenvalue weighted by atomic mass is 10.0. The summed E-state index contributed by atoms with van der Waals surface area (Å²) in [5.74, 6) is 0.563. The van der Waals surface area contributed by atoms with Crippen molar-refractivity contribution in [2.75, 3.05) is 5.32 Å². The molecule has 184 valence electrons. The Kier molecular flexibility index (Phi) is 6.03. The average Bonchev–Trinajstić information content (AvgIpc) is 3.38. The van der Waals surface area contributed by atoms with E-state index >= 15 is 0 Å². The van der Waals surface area contributed by atoms with E-state index in [1.807, 2.05) is 54.6 Å². The molecule has 0 aliphatic carbocycles. The highest BCUT2D eigenvalue weighted by molar-refractivity contribution is 6.11. The number of amides is 1. The number of halogens is 1. The normalized spacial score (nSPS) is 10.9. The number of H-pyrrole nitrogens is 1. The van der Waals surface area contributed by atoms with Crippen LogP contribution >= 0.6 is 0 Å². The summed E-state index contributed by atoms with van der Waals surface area (Å²) in [5, 5.41) is 10.6. The predicted molar refractivity (Wildman–Crippen MR) is 143 cm³/mol. The number of anilines is 1. The number of pyridine rings is 2. The first kappa shape index (κ1) is 23.1. The number of rotatable bonds is 6. The second-order valence-electron chi connectivity index (χ2n) is 8.52. The summed E-state index contributed by atoms with van der Waals surface area (Å²) in [4.78, 5) is 21.7. The zero-order valence-electron chi connectivity index (χ0n) is 19.9. The molecule has 0 atom stereocenters. The molecule has 0 spiro atoms. The van der Waals surface area contributed by atoms with E-state index in [1.165, 1.54) is 12.3 Å². The molecule has 0 aliphatic rings. The van der Waals surface area contributed by atoms with Crippen molar-refractivity contribution in [3.8, 4) is 33.9 Å². The topological polar surface area (TPSA) is 92.8 Å². The second-order valence-corrected chi connectivity index (χ2v) is 8.52. The molecule has 0 saturated heterocycles. The van der Waals surface area contributed by atoms with Crippen molar-refractivity contribution in [2.24, 2.45) is 0 Å². The number of nitrogens with one attached hydrogen (secondary N) is 2. The fourth-order valence-corrected chi connectivity index (χ4v) is 4.11. The summed E-state index contributed by atoms with van der Waals surface area (Å²) in [6.45, 7) is 0. The summed E-state index contributed by atoms with van der Waals surface area (Å²) in [5.41, 5.74) is 3.99. The van der Waals surface area contributed by atoms with Crippen LogP contribution in [0, 0.1) is 5.82 Å². The van der Waals surface area contributed by atoms with Gasteiger partial charge in [0.2, 0.25) is 0 Å². The third kappa shape index (κ3) is 4.70. The molecular formula is C30H20FN5O2. The van der Waals surface area contributed by atoms with Crippen molar-refractivity contribution in [1.82, 2.24) is 20.2 Å². The van der Waals surface area contributed by atoms with Crippen LogP contribution in [0.2, 0.25) is 0 Å². The molecule has 38 heavy (non-hydrogen) atoms. The lowest BCUT2D eigenvalue weighted by Gasteiger charge is -2.08. The van der Waals surface area contributed by atoms with Gasteiger partial charge in [0.15, 0.2) is 5.69 Å². The Balaban J connectivity index is 1.24. The Morgan fingerprint density at radius 1 is 0.816 bits per heavy atom. The van der Waals surface area contributed by atoms with Crippen LogP contribution in [0.15, 0.2) is 110 Å². The number of aromatic nitrogens is 4. The zero-order chi connectivity index (χ0) is 25.9. The molecule has 3 heterocycles. The molecule has 0 radical (unpaired) electrons. The van der Waals surface area contributed by atoms with Gasteiger partial charge in [-0.05, 0) is 60.2 Å². The first-order valence-electron chi connectivity index (χ1n) is 11.8. The number of fused-ring (bicyclic) bond motifs is 1. The number of hydrogen-bond acceptors (Lipinski definition) is 5. The third-order valence-electron chi connectivity index (χ3n) is 5.97. The van der Waals surface area contributed by atoms with Crippen LogP contribution in [0.1, 0.15) is 10.5 Å². The minimum absolute atomic E-state index is 0.240. The Morgan fingerprint density at radius 3 is 2.47 bits per heavy atom. The van der Waals surface area contributed by atoms with Crippen molar-refractivity contribution >= 4 is 22.5 Å². The van der Waals surface area contributed by atoms with Gasteiger partial charge in [0, 0.05) is 22.7 Å². The van der Waals surface area contributed by atoms with E-state index in [1.54, 1.807) is 42.7 Å². The quantitative estimate of drug-likeness (QED) is 0.260. The number of para-hydroxylation sites is 1. The molecule has 6 rings (SSSR count). The van der Waals surface area contributed by atoms with Gasteiger partial charge in [-0.1, -0.05) is 36.4 Å². The van der Waals surface area contributed by atoms with E-state index in [2.05, 4.69) is 25.5 Å². The third-order valence-corrected chi connectivity index (χ3v) is 5.97. The van der Waals surface area contributed by atoms with Crippen molar-refractivity contribution in [2.45, 2.75) is 0 Å². The Hall–Kier alpha value is -5.37. The summed E-state index contributed by atoms with van der Waals surface area (Å²) >= 11 is 0. The molecule has 1 amide bonds. The van der Waals surface area contributed by atoms with Gasteiger partial charge >= 0.3 is 0 Å². The maximum absolute atomic E-state index is 14.1. The Morgan fingerprint density at radius 2 is 1.66 bits per heavy atom. The number of benzene rings is 3. The lowest BCUT2D eigenvalue weighted by Crippen LogP contribution is -2.13. The highest BCUT2D eigenvalue weighted by Crippen LogP contribution is 2.29. The van der Waals surface area contributed by atoms with Gasteiger partial charge in [0.05, 0.1) is 29.3 Å². The van der Waals surface area contributed by atoms with Gasteiger partial charge in [0.1, 0.15) is 17.3 Å². The largest absolute Gasteiger partial charge is 0.456 e. The van der Waals surface area contributed by atoms with Gasteiger partial charge in [0.25, 0.3) is 5.91 Å². The summed E-state index contributed by atoms with van der Waals surface area (Å²) < 4.78 is 20.0. The minimum atomic E-state index is -0.395. The number of aromatic amines is 1. The molecule has 6 aromatic rings. The standard InChI is InChI=1S/C30H20FN5O2/c31-26-9-5-4-8-24(26)27-13-11-21(17-33-27)34-30(37)29-25-15-19(10-12-28(25)35-36-29)20-14-23(18-32-16-20)38-22-6-2-1-3-7-22/h1-18H,(H,34,37)(H,35,36). The summed E-state index contributed by atoms with van der Waals surface area (Å²) in [7, 11) is 0. The van der Waals surface area contributed by atoms with Gasteiger partial charge in [-0.15, -0.1) is 0 Å². The van der Waals surface area contributed by atoms with Crippen molar-refractivity contribution in [1.29, 1.82) is 0 Å². The fraction of sp³-hybridized carbons (Fsp3) is 0. The number of ether oxygens (including phenoxy) is 1. The molecule has 0 aliphatic heterocycles. The van der Waals surface area contributed by atoms with Crippen LogP contribution in [0.25, 0.3) is 33.3 Å². The Labute approximate surface area is 217 Å². The molecule has 0 unspecified atom stereocenters. The monoisotopic (exact) mass is 501 g/mol. The molecule has 0 bridgehead atoms. The van der Waals surface area contributed by atoms with Crippen LogP contribution < -0.4 is 10.1 Å². The number of carbonyl (C=O) groups is 1. The van der Waals surface area contributed by atoms with Gasteiger partial charge in [-0.2, -0.15) is 5.10 Å². The molecule has 0 saturated carbocycles. The zero-order valence-corrected chi connectivity index (χ0v) is 19.9. The number of hydrogen-bond donors (Lipinski definition) is 2. The number of carbonyl (C=O) groups excluding carboxylic acids is 1. The van der Waals surface area contributed by atoms with E-state index in [0.717, 1.165) is 16.6 Å². The van der Waals surface area contributed by atoms with E-state index < -0.39 is 5.91 Å². The van der Waals surface area contributed by atoms with Crippen LogP contribution in [-0.4, -0.2) is 26.1 Å². The first-order valence-corrected chi connectivity index (χ1v) is 11.8. The van der Waals surface area contributed by atoms with Crippen molar-refractivity contribution in [3.05, 3.63) is 121 Å². The van der Waals surface area contributed by atoms with Crippen molar-refractivity contribution in [3.63, 3.8) is 0 Å². The van der Waals surface area contributed by atoms with Gasteiger partial charge < -0.3 is 10.1 Å². The molecule has 0 fully saturated rings. The van der Waals surface area contributed by atoms with E-state index in [-0.39, 0.29) is 11.5 Å². The molecule has 3 aromatic carbocycles. The van der Waals surface area contributed by atoms with Crippen LogP contribution in [0.5, 0.6) is 11.5 Å². The van der Waals surface area contributed by atoms with Gasteiger partial charge in [-0.25, -0.2) is 4.39 Å². The first-order chi connectivity index (χ1) is 18.6. The minimum Gasteiger partial charge on any atom is -0.456 e. The predicted octanol–water partition coefficient (Wildman–Crippen LogP) is 6.87. The molecule has 8 heteroatoms. The van der Waals surface area contributed by atoms with E-state index in [0.29, 0.717) is 33.8 Å². The lowest BCUT2D eigenvalue weighted by molar-refractivity contribution is 0.102. The van der Waals surface area contributed by atoms with Gasteiger partial charge in [-0.3, -0.25) is 19.9 Å². The second kappa shape index (κ2) is 9.94. The smallest absolute Gasteiger partial charge is 0.276 e. The number of nitrogens with zero attached hydrogens (tertiary/aromatic N) is 3. The van der Waals surface area contributed by atoms with E-state index in [4.69, 9.17) is 4.74 Å². The maximum Gasteiger partial charge on any atom is 0.276 e. The SMILES string of the molecule is O=C(Nc1ccc(-c2ccccc2F)nc1)c1n[nH]c2ccc(-c3cncc(Oc4ccccc4)c3)cc12. The summed E-state index contributed by atoms with van der Waals surface area (Å²) in [6.07, 6.45) is 4.88. The highest BCUT2D eigenvalue weighted by Gasteiger charge is 2.16.